The number of hydrogen-bond acceptors (Lipinski definition) is 4. The van der Waals surface area contributed by atoms with Crippen LogP contribution >= 0.6 is 11.8 Å². The summed E-state index contributed by atoms with van der Waals surface area (Å²) in [5.74, 6) is 1.36. The zero-order valence-electron chi connectivity index (χ0n) is 9.48. The first-order valence-electron chi connectivity index (χ1n) is 5.64. The summed E-state index contributed by atoms with van der Waals surface area (Å²) in [7, 11) is 0. The monoisotopic (exact) mass is 252 g/mol. The summed E-state index contributed by atoms with van der Waals surface area (Å²) < 4.78 is 0. The number of carboxylic acids is 1. The second kappa shape index (κ2) is 5.31. The van der Waals surface area contributed by atoms with Crippen molar-refractivity contribution in [2.24, 2.45) is 0 Å². The van der Waals surface area contributed by atoms with Crippen LogP contribution in [0, 0.1) is 0 Å². The number of nitrogens with two attached hydrogens (primary N) is 1. The van der Waals surface area contributed by atoms with Crippen LogP contribution in [-0.4, -0.2) is 28.6 Å². The zero-order chi connectivity index (χ0) is 12.3. The number of benzene rings is 1. The number of anilines is 2. The lowest BCUT2D eigenvalue weighted by Crippen LogP contribution is -2.26. The van der Waals surface area contributed by atoms with Crippen LogP contribution in [-0.2, 0) is 0 Å². The minimum atomic E-state index is -0.948. The highest BCUT2D eigenvalue weighted by atomic mass is 32.2. The lowest BCUT2D eigenvalue weighted by Gasteiger charge is -2.24. The molecule has 4 N–H and O–H groups in total. The van der Waals surface area contributed by atoms with E-state index >= 15 is 0 Å². The molecule has 1 aromatic rings. The Morgan fingerprint density at radius 3 is 2.94 bits per heavy atom. The predicted molar refractivity (Wildman–Crippen MR) is 71.8 cm³/mol. The molecule has 92 valence electrons. The van der Waals surface area contributed by atoms with Crippen LogP contribution < -0.4 is 11.1 Å². The van der Waals surface area contributed by atoms with Gasteiger partial charge in [0.05, 0.1) is 16.9 Å². The van der Waals surface area contributed by atoms with E-state index in [1.54, 1.807) is 12.1 Å². The minimum Gasteiger partial charge on any atom is -0.478 e. The quantitative estimate of drug-likeness (QED) is 0.719. The molecular weight excluding hydrogens is 236 g/mol. The van der Waals surface area contributed by atoms with Crippen LogP contribution in [0.5, 0.6) is 0 Å². The van der Waals surface area contributed by atoms with Crippen LogP contribution in [0.25, 0.3) is 0 Å². The van der Waals surface area contributed by atoms with E-state index in [2.05, 4.69) is 5.32 Å². The smallest absolute Gasteiger partial charge is 0.335 e. The van der Waals surface area contributed by atoms with Crippen molar-refractivity contribution >= 4 is 29.1 Å². The molecule has 1 unspecified atom stereocenters. The first-order chi connectivity index (χ1) is 8.16. The van der Waals surface area contributed by atoms with Crippen molar-refractivity contribution in [1.82, 2.24) is 0 Å². The third-order valence-corrected chi connectivity index (χ3v) is 4.03. The largest absolute Gasteiger partial charge is 0.478 e. The molecule has 0 aromatic heterocycles. The summed E-state index contributed by atoms with van der Waals surface area (Å²) in [4.78, 5) is 10.8. The van der Waals surface area contributed by atoms with Crippen LogP contribution in [0.3, 0.4) is 0 Å². The second-order valence-corrected chi connectivity index (χ2v) is 5.32. The van der Waals surface area contributed by atoms with E-state index < -0.39 is 5.97 Å². The van der Waals surface area contributed by atoms with Crippen LogP contribution in [0.1, 0.15) is 23.2 Å². The first kappa shape index (κ1) is 12.1. The van der Waals surface area contributed by atoms with Gasteiger partial charge in [0.15, 0.2) is 0 Å². The highest BCUT2D eigenvalue weighted by Gasteiger charge is 2.15. The summed E-state index contributed by atoms with van der Waals surface area (Å²) >= 11 is 1.94. The molecule has 0 saturated carbocycles. The molecular formula is C12H16N2O2S. The SMILES string of the molecule is Nc1cc(C(=O)O)ccc1NC1CCCSC1. The van der Waals surface area contributed by atoms with E-state index in [9.17, 15) is 4.79 Å². The number of aromatic carboxylic acids is 1. The van der Waals surface area contributed by atoms with Gasteiger partial charge in [-0.2, -0.15) is 11.8 Å². The average molecular weight is 252 g/mol. The Balaban J connectivity index is 2.08. The molecule has 1 aliphatic heterocycles. The molecule has 1 fully saturated rings. The average Bonchev–Trinajstić information content (AvgIpc) is 2.33. The van der Waals surface area contributed by atoms with Crippen molar-refractivity contribution in [2.45, 2.75) is 18.9 Å². The molecule has 0 aliphatic carbocycles. The lowest BCUT2D eigenvalue weighted by atomic mass is 10.1. The van der Waals surface area contributed by atoms with Gasteiger partial charge in [-0.05, 0) is 36.8 Å². The van der Waals surface area contributed by atoms with E-state index in [0.717, 1.165) is 17.9 Å². The van der Waals surface area contributed by atoms with Gasteiger partial charge in [0.2, 0.25) is 0 Å². The molecule has 0 spiro atoms. The van der Waals surface area contributed by atoms with Gasteiger partial charge >= 0.3 is 5.97 Å². The first-order valence-corrected chi connectivity index (χ1v) is 6.79. The van der Waals surface area contributed by atoms with Crippen molar-refractivity contribution in [3.63, 3.8) is 0 Å². The van der Waals surface area contributed by atoms with Crippen LogP contribution in [0.2, 0.25) is 0 Å². The minimum absolute atomic E-state index is 0.228. The Morgan fingerprint density at radius 2 is 2.35 bits per heavy atom. The topological polar surface area (TPSA) is 75.4 Å². The molecule has 1 heterocycles. The second-order valence-electron chi connectivity index (χ2n) is 4.17. The number of carbonyl (C=O) groups is 1. The Morgan fingerprint density at radius 1 is 1.53 bits per heavy atom. The summed E-state index contributed by atoms with van der Waals surface area (Å²) in [5.41, 5.74) is 7.41. The summed E-state index contributed by atoms with van der Waals surface area (Å²) in [5, 5.41) is 12.2. The van der Waals surface area contributed by atoms with Crippen molar-refractivity contribution in [3.8, 4) is 0 Å². The highest BCUT2D eigenvalue weighted by molar-refractivity contribution is 7.99. The molecule has 0 bridgehead atoms. The Labute approximate surface area is 105 Å². The Kier molecular flexibility index (Phi) is 3.78. The van der Waals surface area contributed by atoms with Gasteiger partial charge in [0.25, 0.3) is 0 Å². The van der Waals surface area contributed by atoms with E-state index in [4.69, 9.17) is 10.8 Å². The van der Waals surface area contributed by atoms with Gasteiger partial charge in [-0.15, -0.1) is 0 Å². The van der Waals surface area contributed by atoms with Crippen molar-refractivity contribution < 1.29 is 9.90 Å². The van der Waals surface area contributed by atoms with E-state index in [1.165, 1.54) is 18.2 Å². The Hall–Kier alpha value is -1.36. The van der Waals surface area contributed by atoms with Crippen molar-refractivity contribution in [1.29, 1.82) is 0 Å². The molecule has 5 heteroatoms. The van der Waals surface area contributed by atoms with Gasteiger partial charge < -0.3 is 16.2 Å². The normalized spacial score (nSPS) is 19.9. The fourth-order valence-electron chi connectivity index (χ4n) is 1.90. The summed E-state index contributed by atoms with van der Waals surface area (Å²) in [6, 6.07) is 5.27. The third kappa shape index (κ3) is 3.06. The van der Waals surface area contributed by atoms with Crippen LogP contribution in [0.4, 0.5) is 11.4 Å². The zero-order valence-corrected chi connectivity index (χ0v) is 10.3. The number of carboxylic acid groups (broad SMARTS) is 1. The number of nitrogen functional groups attached to an aromatic ring is 1. The van der Waals surface area contributed by atoms with Gasteiger partial charge in [-0.3, -0.25) is 0 Å². The van der Waals surface area contributed by atoms with E-state index in [1.807, 2.05) is 11.8 Å². The van der Waals surface area contributed by atoms with Gasteiger partial charge in [-0.1, -0.05) is 0 Å². The molecule has 0 amide bonds. The van der Waals surface area contributed by atoms with E-state index in [-0.39, 0.29) is 5.56 Å². The van der Waals surface area contributed by atoms with Crippen LogP contribution in [0.15, 0.2) is 18.2 Å². The molecule has 4 nitrogen and oxygen atoms in total. The standard InChI is InChI=1S/C12H16N2O2S/c13-10-6-8(12(15)16)3-4-11(10)14-9-2-1-5-17-7-9/h3-4,6,9,14H,1-2,5,7,13H2,(H,15,16). The summed E-state index contributed by atoms with van der Waals surface area (Å²) in [6.45, 7) is 0. The molecule has 2 rings (SSSR count). The number of thioether (sulfide) groups is 1. The molecule has 1 atom stereocenters. The number of nitrogens with one attached hydrogen (secondary N) is 1. The molecule has 1 aliphatic rings. The number of hydrogen-bond donors (Lipinski definition) is 3. The maximum absolute atomic E-state index is 10.8. The van der Waals surface area contributed by atoms with E-state index in [0.29, 0.717) is 11.7 Å². The number of rotatable bonds is 3. The lowest BCUT2D eigenvalue weighted by molar-refractivity contribution is 0.0697. The highest BCUT2D eigenvalue weighted by Crippen LogP contribution is 2.25. The van der Waals surface area contributed by atoms with Crippen molar-refractivity contribution in [3.05, 3.63) is 23.8 Å². The van der Waals surface area contributed by atoms with Gasteiger partial charge in [-0.25, -0.2) is 4.79 Å². The fourth-order valence-corrected chi connectivity index (χ4v) is 2.97. The van der Waals surface area contributed by atoms with Crippen molar-refractivity contribution in [2.75, 3.05) is 22.6 Å². The maximum Gasteiger partial charge on any atom is 0.335 e. The van der Waals surface area contributed by atoms with Gasteiger partial charge in [0.1, 0.15) is 0 Å². The third-order valence-electron chi connectivity index (χ3n) is 2.82. The van der Waals surface area contributed by atoms with Gasteiger partial charge in [0, 0.05) is 11.8 Å². The maximum atomic E-state index is 10.8. The molecule has 0 radical (unpaired) electrons. The summed E-state index contributed by atoms with van der Waals surface area (Å²) in [6.07, 6.45) is 2.36. The predicted octanol–water partition coefficient (Wildman–Crippen LogP) is 2.27. The fraction of sp³-hybridized carbons (Fsp3) is 0.417. The molecule has 1 saturated heterocycles. The Bertz CT molecular complexity index is 417. The molecule has 1 aromatic carbocycles. The molecule has 17 heavy (non-hydrogen) atoms.